The van der Waals surface area contributed by atoms with Gasteiger partial charge in [-0.1, -0.05) is 6.92 Å². The fourth-order valence-corrected chi connectivity index (χ4v) is 2.31. The number of hydrogen-bond acceptors (Lipinski definition) is 3. The van der Waals surface area contributed by atoms with E-state index < -0.39 is 29.2 Å². The zero-order valence-corrected chi connectivity index (χ0v) is 10.6. The van der Waals surface area contributed by atoms with Gasteiger partial charge in [-0.05, 0) is 23.8 Å². The number of ether oxygens (including phenoxy) is 1. The molecule has 1 aliphatic rings. The second kappa shape index (κ2) is 4.99. The molecule has 2 rings (SSSR count). The number of hydrogen-bond donors (Lipinski definition) is 1. The molecular weight excluding hydrogens is 254 g/mol. The number of methoxy groups -OCH3 is 1. The van der Waals surface area contributed by atoms with Crippen molar-refractivity contribution in [2.24, 2.45) is 5.92 Å². The van der Waals surface area contributed by atoms with Gasteiger partial charge in [-0.3, -0.25) is 4.79 Å². The molecule has 1 aromatic rings. The number of phenols is 1. The number of halogens is 2. The summed E-state index contributed by atoms with van der Waals surface area (Å²) in [4.78, 5) is 11.6. The molecule has 5 heteroatoms. The molecule has 0 radical (unpaired) electrons. The third-order valence-corrected chi connectivity index (χ3v) is 3.43. The second-order valence-electron chi connectivity index (χ2n) is 4.58. The molecule has 0 spiro atoms. The Labute approximate surface area is 109 Å². The van der Waals surface area contributed by atoms with Crippen molar-refractivity contribution < 1.29 is 23.4 Å². The number of phenolic OH excluding ortho intramolecular Hbond substituents is 1. The van der Waals surface area contributed by atoms with Gasteiger partial charge in [0.25, 0.3) is 0 Å². The normalized spacial score (nSPS) is 23.2. The van der Waals surface area contributed by atoms with Gasteiger partial charge in [0.05, 0.1) is 7.11 Å². The van der Waals surface area contributed by atoms with E-state index >= 15 is 0 Å². The van der Waals surface area contributed by atoms with E-state index in [2.05, 4.69) is 0 Å². The molecule has 102 valence electrons. The molecule has 0 fully saturated rings. The molecule has 2 atom stereocenters. The van der Waals surface area contributed by atoms with Gasteiger partial charge < -0.3 is 9.84 Å². The van der Waals surface area contributed by atoms with Gasteiger partial charge in [0.1, 0.15) is 11.6 Å². The van der Waals surface area contributed by atoms with Gasteiger partial charge in [0.15, 0.2) is 17.3 Å². The van der Waals surface area contributed by atoms with Gasteiger partial charge >= 0.3 is 0 Å². The van der Waals surface area contributed by atoms with E-state index in [1.54, 1.807) is 6.92 Å². The Hall–Kier alpha value is -1.91. The number of ketones is 1. The van der Waals surface area contributed by atoms with Crippen LogP contribution in [-0.4, -0.2) is 18.0 Å². The number of benzene rings is 1. The van der Waals surface area contributed by atoms with E-state index in [0.717, 1.165) is 6.07 Å². The predicted molar refractivity (Wildman–Crippen MR) is 65.3 cm³/mol. The van der Waals surface area contributed by atoms with E-state index in [4.69, 9.17) is 4.74 Å². The second-order valence-corrected chi connectivity index (χ2v) is 4.58. The quantitative estimate of drug-likeness (QED) is 0.896. The maximum Gasteiger partial charge on any atom is 0.194 e. The summed E-state index contributed by atoms with van der Waals surface area (Å²) in [7, 11) is 1.28. The number of allylic oxidation sites excluding steroid dienone is 2. The number of carbonyl (C=O) groups excluding carboxylic acids is 1. The van der Waals surface area contributed by atoms with Crippen molar-refractivity contribution in [3.05, 3.63) is 35.4 Å². The Morgan fingerprint density at radius 1 is 1.37 bits per heavy atom. The van der Waals surface area contributed by atoms with Crippen molar-refractivity contribution >= 4 is 5.78 Å². The Morgan fingerprint density at radius 2 is 2.05 bits per heavy atom. The van der Waals surface area contributed by atoms with E-state index in [1.165, 1.54) is 19.3 Å². The average Bonchev–Trinajstić information content (AvgIpc) is 2.38. The molecule has 2 unspecified atom stereocenters. The molecule has 0 saturated heterocycles. The van der Waals surface area contributed by atoms with E-state index in [9.17, 15) is 18.7 Å². The SMILES string of the molecule is COc1cc(C2C(F)=CCC(=O)C2C)cc(F)c1O. The minimum atomic E-state index is -0.896. The highest BCUT2D eigenvalue weighted by Gasteiger charge is 2.33. The summed E-state index contributed by atoms with van der Waals surface area (Å²) >= 11 is 0. The van der Waals surface area contributed by atoms with Crippen LogP contribution in [0.15, 0.2) is 24.0 Å². The molecular formula is C14H14F2O3. The van der Waals surface area contributed by atoms with Crippen LogP contribution in [0, 0.1) is 11.7 Å². The summed E-state index contributed by atoms with van der Waals surface area (Å²) in [5.41, 5.74) is 0.279. The van der Waals surface area contributed by atoms with Gasteiger partial charge in [0.2, 0.25) is 0 Å². The van der Waals surface area contributed by atoms with Crippen molar-refractivity contribution in [1.82, 2.24) is 0 Å². The standard InChI is InChI=1S/C14H14F2O3/c1-7-11(17)4-3-9(15)13(7)8-5-10(16)14(18)12(6-8)19-2/h3,5-7,13,18H,4H2,1-2H3. The van der Waals surface area contributed by atoms with Crippen molar-refractivity contribution in [3.8, 4) is 11.5 Å². The van der Waals surface area contributed by atoms with Gasteiger partial charge in [-0.15, -0.1) is 0 Å². The van der Waals surface area contributed by atoms with Crippen LogP contribution in [0.3, 0.4) is 0 Å². The van der Waals surface area contributed by atoms with Crippen LogP contribution in [-0.2, 0) is 4.79 Å². The molecule has 3 nitrogen and oxygen atoms in total. The molecule has 0 bridgehead atoms. The highest BCUT2D eigenvalue weighted by Crippen LogP contribution is 2.41. The first-order chi connectivity index (χ1) is 8.95. The minimum Gasteiger partial charge on any atom is -0.502 e. The Bertz CT molecular complexity index is 552. The summed E-state index contributed by atoms with van der Waals surface area (Å²) in [5, 5.41) is 9.43. The lowest BCUT2D eigenvalue weighted by Crippen LogP contribution is -2.23. The Balaban J connectivity index is 2.52. The Morgan fingerprint density at radius 3 is 2.68 bits per heavy atom. The zero-order valence-electron chi connectivity index (χ0n) is 10.6. The van der Waals surface area contributed by atoms with E-state index in [-0.39, 0.29) is 23.5 Å². The Kier molecular flexibility index (Phi) is 3.55. The molecule has 0 aliphatic heterocycles. The maximum absolute atomic E-state index is 13.9. The third-order valence-electron chi connectivity index (χ3n) is 3.43. The van der Waals surface area contributed by atoms with Crippen molar-refractivity contribution in [2.75, 3.05) is 7.11 Å². The predicted octanol–water partition coefficient (Wildman–Crippen LogP) is 3.09. The molecule has 0 amide bonds. The maximum atomic E-state index is 13.9. The minimum absolute atomic E-state index is 0.0567. The van der Waals surface area contributed by atoms with Gasteiger partial charge in [-0.2, -0.15) is 0 Å². The number of carbonyl (C=O) groups is 1. The van der Waals surface area contributed by atoms with E-state index in [0.29, 0.717) is 0 Å². The summed E-state index contributed by atoms with van der Waals surface area (Å²) < 4.78 is 32.3. The first kappa shape index (κ1) is 13.5. The summed E-state index contributed by atoms with van der Waals surface area (Å²) in [5.74, 6) is -3.55. The average molecular weight is 268 g/mol. The lowest BCUT2D eigenvalue weighted by Gasteiger charge is -2.26. The highest BCUT2D eigenvalue weighted by molar-refractivity contribution is 5.85. The summed E-state index contributed by atoms with van der Waals surface area (Å²) in [6.07, 6.45) is 1.27. The van der Waals surface area contributed by atoms with Crippen LogP contribution < -0.4 is 4.74 Å². The molecule has 0 heterocycles. The fraction of sp³-hybridized carbons (Fsp3) is 0.357. The number of Topliss-reactive ketones (excluding diaryl/α,β-unsaturated/α-hetero) is 1. The third kappa shape index (κ3) is 2.32. The van der Waals surface area contributed by atoms with Crippen LogP contribution in [0.2, 0.25) is 0 Å². The summed E-state index contributed by atoms with van der Waals surface area (Å²) in [6.45, 7) is 1.61. The van der Waals surface area contributed by atoms with Crippen LogP contribution in [0.1, 0.15) is 24.8 Å². The monoisotopic (exact) mass is 268 g/mol. The van der Waals surface area contributed by atoms with Crippen molar-refractivity contribution in [3.63, 3.8) is 0 Å². The highest BCUT2D eigenvalue weighted by atomic mass is 19.1. The van der Waals surface area contributed by atoms with Crippen molar-refractivity contribution in [2.45, 2.75) is 19.3 Å². The smallest absolute Gasteiger partial charge is 0.194 e. The van der Waals surface area contributed by atoms with E-state index in [1.807, 2.05) is 0 Å². The van der Waals surface area contributed by atoms with Crippen LogP contribution >= 0.6 is 0 Å². The van der Waals surface area contributed by atoms with Crippen molar-refractivity contribution in [1.29, 1.82) is 0 Å². The lowest BCUT2D eigenvalue weighted by atomic mass is 9.79. The topological polar surface area (TPSA) is 46.5 Å². The van der Waals surface area contributed by atoms with Gasteiger partial charge in [-0.25, -0.2) is 8.78 Å². The molecule has 0 aromatic heterocycles. The lowest BCUT2D eigenvalue weighted by molar-refractivity contribution is -0.122. The molecule has 1 aliphatic carbocycles. The molecule has 1 N–H and O–H groups in total. The van der Waals surface area contributed by atoms with Gasteiger partial charge in [0, 0.05) is 18.3 Å². The number of aromatic hydroxyl groups is 1. The largest absolute Gasteiger partial charge is 0.502 e. The fourth-order valence-electron chi connectivity index (χ4n) is 2.31. The van der Waals surface area contributed by atoms with Crippen LogP contribution in [0.25, 0.3) is 0 Å². The molecule has 0 saturated carbocycles. The first-order valence-electron chi connectivity index (χ1n) is 5.90. The van der Waals surface area contributed by atoms with Crippen LogP contribution in [0.4, 0.5) is 8.78 Å². The molecule has 19 heavy (non-hydrogen) atoms. The number of rotatable bonds is 2. The zero-order chi connectivity index (χ0) is 14.2. The summed E-state index contributed by atoms with van der Waals surface area (Å²) in [6, 6.07) is 2.39. The van der Waals surface area contributed by atoms with Crippen LogP contribution in [0.5, 0.6) is 11.5 Å². The first-order valence-corrected chi connectivity index (χ1v) is 5.90. The molecule has 1 aromatic carbocycles.